The molecule has 1 aromatic heterocycles. The third-order valence-electron chi connectivity index (χ3n) is 2.53. The van der Waals surface area contributed by atoms with E-state index in [0.29, 0.717) is 11.9 Å². The molecule has 0 bridgehead atoms. The van der Waals surface area contributed by atoms with Gasteiger partial charge in [0.25, 0.3) is 0 Å². The summed E-state index contributed by atoms with van der Waals surface area (Å²) < 4.78 is 5.14. The highest BCUT2D eigenvalue weighted by Crippen LogP contribution is 2.38. The van der Waals surface area contributed by atoms with E-state index in [1.807, 2.05) is 13.8 Å². The van der Waals surface area contributed by atoms with E-state index in [1.165, 1.54) is 0 Å². The van der Waals surface area contributed by atoms with Crippen LogP contribution >= 0.6 is 0 Å². The highest BCUT2D eigenvalue weighted by molar-refractivity contribution is 6.52. The Hall–Kier alpha value is -1.07. The Kier molecular flexibility index (Phi) is 2.01. The van der Waals surface area contributed by atoms with Crippen LogP contribution in [0.2, 0.25) is 0 Å². The van der Waals surface area contributed by atoms with Gasteiger partial charge >= 0.3 is 7.12 Å². The fourth-order valence-electron chi connectivity index (χ4n) is 1.87. The Bertz CT molecular complexity index is 381. The van der Waals surface area contributed by atoms with Crippen LogP contribution in [0.25, 0.3) is 6.08 Å². The zero-order chi connectivity index (χ0) is 10.3. The van der Waals surface area contributed by atoms with Gasteiger partial charge in [-0.2, -0.15) is 0 Å². The molecule has 4 nitrogen and oxygen atoms in total. The van der Waals surface area contributed by atoms with Crippen molar-refractivity contribution >= 4 is 13.2 Å². The molecule has 0 saturated heterocycles. The average molecular weight is 193 g/mol. The van der Waals surface area contributed by atoms with Gasteiger partial charge < -0.3 is 14.6 Å². The summed E-state index contributed by atoms with van der Waals surface area (Å²) in [5.41, 5.74) is 1.22. The Morgan fingerprint density at radius 3 is 2.86 bits per heavy atom. The van der Waals surface area contributed by atoms with Crippen molar-refractivity contribution in [3.05, 3.63) is 23.0 Å². The quantitative estimate of drug-likeness (QED) is 0.645. The van der Waals surface area contributed by atoms with Crippen molar-refractivity contribution < 1.29 is 14.6 Å². The van der Waals surface area contributed by atoms with Crippen LogP contribution in [0.1, 0.15) is 31.6 Å². The third kappa shape index (κ3) is 1.38. The van der Waals surface area contributed by atoms with Gasteiger partial charge in [-0.3, -0.25) is 0 Å². The summed E-state index contributed by atoms with van der Waals surface area (Å²) >= 11 is 0. The molecule has 1 aliphatic carbocycles. The molecule has 14 heavy (non-hydrogen) atoms. The molecule has 0 aromatic carbocycles. The Morgan fingerprint density at radius 2 is 2.21 bits per heavy atom. The average Bonchev–Trinajstić information content (AvgIpc) is 2.51. The molecule has 1 aromatic rings. The van der Waals surface area contributed by atoms with E-state index in [4.69, 9.17) is 14.6 Å². The predicted molar refractivity (Wildman–Crippen MR) is 52.3 cm³/mol. The SMILES string of the molecule is CC1(C)CC(B(O)O)=Cc2cnoc21. The van der Waals surface area contributed by atoms with Crippen molar-refractivity contribution in [3.8, 4) is 0 Å². The summed E-state index contributed by atoms with van der Waals surface area (Å²) in [4.78, 5) is 0. The van der Waals surface area contributed by atoms with Crippen molar-refractivity contribution in [2.75, 3.05) is 0 Å². The van der Waals surface area contributed by atoms with Crippen molar-refractivity contribution in [1.82, 2.24) is 5.16 Å². The molecule has 0 amide bonds. The topological polar surface area (TPSA) is 66.5 Å². The van der Waals surface area contributed by atoms with Gasteiger partial charge in [-0.1, -0.05) is 25.1 Å². The van der Waals surface area contributed by atoms with Gasteiger partial charge in [-0.25, -0.2) is 0 Å². The van der Waals surface area contributed by atoms with Gasteiger partial charge in [0.2, 0.25) is 0 Å². The monoisotopic (exact) mass is 193 g/mol. The minimum absolute atomic E-state index is 0.223. The summed E-state index contributed by atoms with van der Waals surface area (Å²) in [6, 6.07) is 0. The molecule has 2 N–H and O–H groups in total. The van der Waals surface area contributed by atoms with Crippen LogP contribution in [0.4, 0.5) is 0 Å². The van der Waals surface area contributed by atoms with Crippen LogP contribution in [-0.2, 0) is 5.41 Å². The molecule has 0 radical (unpaired) electrons. The minimum Gasteiger partial charge on any atom is -0.423 e. The largest absolute Gasteiger partial charge is 0.484 e. The second-order valence-corrected chi connectivity index (χ2v) is 4.26. The van der Waals surface area contributed by atoms with Crippen LogP contribution in [0.3, 0.4) is 0 Å². The lowest BCUT2D eigenvalue weighted by Crippen LogP contribution is -2.28. The molecule has 0 saturated carbocycles. The highest BCUT2D eigenvalue weighted by atomic mass is 16.5. The van der Waals surface area contributed by atoms with Gasteiger partial charge in [0, 0.05) is 11.0 Å². The summed E-state index contributed by atoms with van der Waals surface area (Å²) in [6.07, 6.45) is 3.90. The molecule has 0 unspecified atom stereocenters. The molecule has 1 aliphatic rings. The lowest BCUT2D eigenvalue weighted by Gasteiger charge is -2.27. The number of allylic oxidation sites excluding steroid dienone is 1. The molecular formula is C9H12BNO3. The maximum Gasteiger partial charge on any atom is 0.484 e. The number of hydrogen-bond acceptors (Lipinski definition) is 4. The first-order valence-electron chi connectivity index (χ1n) is 4.52. The van der Waals surface area contributed by atoms with Crippen LogP contribution in [0, 0.1) is 0 Å². The fourth-order valence-corrected chi connectivity index (χ4v) is 1.87. The van der Waals surface area contributed by atoms with E-state index in [1.54, 1.807) is 12.3 Å². The van der Waals surface area contributed by atoms with Crippen LogP contribution in [0.5, 0.6) is 0 Å². The number of nitrogens with zero attached hydrogens (tertiary/aromatic N) is 1. The zero-order valence-electron chi connectivity index (χ0n) is 8.19. The fraction of sp³-hybridized carbons (Fsp3) is 0.444. The maximum atomic E-state index is 9.11. The Morgan fingerprint density at radius 1 is 1.50 bits per heavy atom. The van der Waals surface area contributed by atoms with Gasteiger partial charge in [-0.05, 0) is 11.9 Å². The Balaban J connectivity index is 2.49. The number of aromatic nitrogens is 1. The molecule has 2 rings (SSSR count). The normalized spacial score (nSPS) is 18.7. The number of hydrogen-bond donors (Lipinski definition) is 2. The predicted octanol–water partition coefficient (Wildman–Crippen LogP) is 0.751. The van der Waals surface area contributed by atoms with E-state index in [-0.39, 0.29) is 5.41 Å². The van der Waals surface area contributed by atoms with Gasteiger partial charge in [0.15, 0.2) is 0 Å². The van der Waals surface area contributed by atoms with E-state index in [2.05, 4.69) is 5.16 Å². The van der Waals surface area contributed by atoms with Crippen molar-refractivity contribution in [2.24, 2.45) is 0 Å². The van der Waals surface area contributed by atoms with E-state index in [9.17, 15) is 0 Å². The molecule has 0 aliphatic heterocycles. The molecule has 1 heterocycles. The summed E-state index contributed by atoms with van der Waals surface area (Å²) in [5, 5.41) is 21.9. The molecule has 0 spiro atoms. The summed E-state index contributed by atoms with van der Waals surface area (Å²) in [7, 11) is -1.39. The van der Waals surface area contributed by atoms with Gasteiger partial charge in [0.1, 0.15) is 5.76 Å². The van der Waals surface area contributed by atoms with Crippen LogP contribution < -0.4 is 0 Å². The van der Waals surface area contributed by atoms with Crippen molar-refractivity contribution in [3.63, 3.8) is 0 Å². The lowest BCUT2D eigenvalue weighted by atomic mass is 9.65. The smallest absolute Gasteiger partial charge is 0.423 e. The van der Waals surface area contributed by atoms with Crippen molar-refractivity contribution in [2.45, 2.75) is 25.7 Å². The molecule has 74 valence electrons. The first-order valence-corrected chi connectivity index (χ1v) is 4.52. The number of fused-ring (bicyclic) bond motifs is 1. The second kappa shape index (κ2) is 2.97. The molecule has 0 atom stereocenters. The zero-order valence-corrected chi connectivity index (χ0v) is 8.19. The molecule has 5 heteroatoms. The Labute approximate surface area is 82.4 Å². The van der Waals surface area contributed by atoms with E-state index < -0.39 is 7.12 Å². The first kappa shape index (κ1) is 9.49. The second-order valence-electron chi connectivity index (χ2n) is 4.26. The van der Waals surface area contributed by atoms with Gasteiger partial charge in [-0.15, -0.1) is 0 Å². The highest BCUT2D eigenvalue weighted by Gasteiger charge is 2.35. The summed E-state index contributed by atoms with van der Waals surface area (Å²) in [6.45, 7) is 3.98. The minimum atomic E-state index is -1.39. The first-order chi connectivity index (χ1) is 6.50. The van der Waals surface area contributed by atoms with Crippen molar-refractivity contribution in [1.29, 1.82) is 0 Å². The number of rotatable bonds is 1. The molecule has 0 fully saturated rings. The standard InChI is InChI=1S/C9H12BNO3/c1-9(2)4-7(10(12)13)3-6-5-11-14-8(6)9/h3,5,12-13H,4H2,1-2H3. The van der Waals surface area contributed by atoms with E-state index in [0.717, 1.165) is 11.3 Å². The summed E-state index contributed by atoms with van der Waals surface area (Å²) in [5.74, 6) is 0.807. The van der Waals surface area contributed by atoms with E-state index >= 15 is 0 Å². The maximum absolute atomic E-state index is 9.11. The van der Waals surface area contributed by atoms with Crippen LogP contribution in [-0.4, -0.2) is 22.3 Å². The molecular weight excluding hydrogens is 181 g/mol. The lowest BCUT2D eigenvalue weighted by molar-refractivity contribution is 0.310. The van der Waals surface area contributed by atoms with Crippen LogP contribution in [0.15, 0.2) is 16.2 Å². The third-order valence-corrected chi connectivity index (χ3v) is 2.53. The van der Waals surface area contributed by atoms with Gasteiger partial charge in [0.05, 0.1) is 6.20 Å².